The van der Waals surface area contributed by atoms with E-state index in [-0.39, 0.29) is 5.69 Å². The molecule has 1 N–H and O–H groups in total. The largest absolute Gasteiger partial charge is 0.490 e. The Morgan fingerprint density at radius 1 is 1.42 bits per heavy atom. The third-order valence-corrected chi connectivity index (χ3v) is 4.40. The molecule has 3 rings (SSSR count). The van der Waals surface area contributed by atoms with Crippen LogP contribution in [0.25, 0.3) is 5.65 Å². The smallest absolute Gasteiger partial charge is 0.274 e. The van der Waals surface area contributed by atoms with Crippen LogP contribution in [-0.4, -0.2) is 26.8 Å². The van der Waals surface area contributed by atoms with Crippen molar-refractivity contribution in [2.24, 2.45) is 0 Å². The minimum atomic E-state index is -0.518. The van der Waals surface area contributed by atoms with Gasteiger partial charge in [-0.25, -0.2) is 4.98 Å². The lowest BCUT2D eigenvalue weighted by Gasteiger charge is -2.09. The summed E-state index contributed by atoms with van der Waals surface area (Å²) in [6.07, 6.45) is 1.72. The number of aromatic nitrogens is 2. The van der Waals surface area contributed by atoms with Gasteiger partial charge >= 0.3 is 0 Å². The zero-order valence-corrected chi connectivity index (χ0v) is 15.6. The Morgan fingerprint density at radius 3 is 2.88 bits per heavy atom. The Labute approximate surface area is 157 Å². The predicted octanol–water partition coefficient (Wildman–Crippen LogP) is 3.96. The molecule has 2 aromatic heterocycles. The van der Waals surface area contributed by atoms with E-state index >= 15 is 0 Å². The summed E-state index contributed by atoms with van der Waals surface area (Å²) in [7, 11) is 0. The van der Waals surface area contributed by atoms with E-state index in [0.29, 0.717) is 39.6 Å². The Bertz CT molecular complexity index is 1020. The van der Waals surface area contributed by atoms with Crippen molar-refractivity contribution in [2.75, 3.05) is 11.9 Å². The third-order valence-electron chi connectivity index (χ3n) is 3.71. The molecule has 0 bridgehead atoms. The number of amides is 1. The summed E-state index contributed by atoms with van der Waals surface area (Å²) >= 11 is 3.29. The lowest BCUT2D eigenvalue weighted by molar-refractivity contribution is -0.384. The molecule has 0 fully saturated rings. The van der Waals surface area contributed by atoms with E-state index in [1.807, 2.05) is 6.92 Å². The number of hydrogen-bond acceptors (Lipinski definition) is 5. The number of fused-ring (bicyclic) bond motifs is 1. The zero-order valence-electron chi connectivity index (χ0n) is 14.0. The molecule has 0 unspecified atom stereocenters. The highest BCUT2D eigenvalue weighted by atomic mass is 79.9. The number of carbonyl (C=O) groups excluding carboxylic acids is 1. The molecule has 0 aliphatic rings. The van der Waals surface area contributed by atoms with Crippen molar-refractivity contribution in [2.45, 2.75) is 13.8 Å². The molecule has 0 saturated heterocycles. The van der Waals surface area contributed by atoms with Gasteiger partial charge in [0.25, 0.3) is 11.6 Å². The van der Waals surface area contributed by atoms with E-state index in [2.05, 4.69) is 26.2 Å². The maximum absolute atomic E-state index is 12.8. The summed E-state index contributed by atoms with van der Waals surface area (Å²) in [4.78, 5) is 27.7. The van der Waals surface area contributed by atoms with E-state index in [0.717, 1.165) is 0 Å². The number of non-ortho nitro benzene ring substituents is 1. The van der Waals surface area contributed by atoms with Crippen molar-refractivity contribution in [3.8, 4) is 5.75 Å². The molecule has 0 atom stereocenters. The number of imidazole rings is 1. The molecule has 0 aliphatic heterocycles. The summed E-state index contributed by atoms with van der Waals surface area (Å²) in [5.41, 5.74) is 1.59. The minimum absolute atomic E-state index is 0.114. The average molecular weight is 419 g/mol. The van der Waals surface area contributed by atoms with Gasteiger partial charge in [-0.3, -0.25) is 19.3 Å². The second-order valence-electron chi connectivity index (χ2n) is 5.42. The standard InChI is InChI=1S/C17H15BrN4O4/c1-3-26-14-5-4-8-21-15(10(2)19-16(14)21)17(23)20-13-9-11(22(24)25)6-7-12(13)18/h4-9H,3H2,1-2H3,(H,20,23). The van der Waals surface area contributed by atoms with Crippen LogP contribution in [-0.2, 0) is 0 Å². The van der Waals surface area contributed by atoms with Gasteiger partial charge in [0.05, 0.1) is 22.9 Å². The van der Waals surface area contributed by atoms with Gasteiger partial charge in [0.15, 0.2) is 11.4 Å². The number of benzene rings is 1. The molecule has 0 spiro atoms. The van der Waals surface area contributed by atoms with Gasteiger partial charge in [0, 0.05) is 22.8 Å². The highest BCUT2D eigenvalue weighted by molar-refractivity contribution is 9.10. The van der Waals surface area contributed by atoms with Gasteiger partial charge in [-0.1, -0.05) is 0 Å². The third kappa shape index (κ3) is 3.25. The monoisotopic (exact) mass is 418 g/mol. The SMILES string of the molecule is CCOc1cccn2c(C(=O)Nc3cc([N+](=O)[O-])ccc3Br)c(C)nc12. The summed E-state index contributed by atoms with van der Waals surface area (Å²) in [6.45, 7) is 4.07. The molecular formula is C17H15BrN4O4. The second-order valence-corrected chi connectivity index (χ2v) is 6.27. The van der Waals surface area contributed by atoms with Gasteiger partial charge in [0.1, 0.15) is 5.69 Å². The van der Waals surface area contributed by atoms with Crippen LogP contribution >= 0.6 is 15.9 Å². The van der Waals surface area contributed by atoms with Crippen LogP contribution in [0.2, 0.25) is 0 Å². The molecule has 0 aliphatic carbocycles. The number of aryl methyl sites for hydroxylation is 1. The van der Waals surface area contributed by atoms with Crippen LogP contribution in [0, 0.1) is 17.0 Å². The molecule has 1 aromatic carbocycles. The number of ether oxygens (including phenoxy) is 1. The molecular weight excluding hydrogens is 404 g/mol. The van der Waals surface area contributed by atoms with E-state index < -0.39 is 10.8 Å². The van der Waals surface area contributed by atoms with Crippen LogP contribution in [0.5, 0.6) is 5.75 Å². The Balaban J connectivity index is 2.01. The number of hydrogen-bond donors (Lipinski definition) is 1. The van der Waals surface area contributed by atoms with Crippen molar-refractivity contribution in [1.82, 2.24) is 9.38 Å². The van der Waals surface area contributed by atoms with Crippen LogP contribution in [0.1, 0.15) is 23.1 Å². The van der Waals surface area contributed by atoms with E-state index in [1.165, 1.54) is 18.2 Å². The molecule has 0 saturated carbocycles. The molecule has 3 aromatic rings. The van der Waals surface area contributed by atoms with Gasteiger partial charge in [-0.15, -0.1) is 0 Å². The molecule has 8 nitrogen and oxygen atoms in total. The van der Waals surface area contributed by atoms with Crippen LogP contribution in [0.15, 0.2) is 41.0 Å². The number of nitrogens with one attached hydrogen (secondary N) is 1. The van der Waals surface area contributed by atoms with Crippen molar-refractivity contribution in [3.63, 3.8) is 0 Å². The summed E-state index contributed by atoms with van der Waals surface area (Å²) < 4.78 is 7.73. The number of anilines is 1. The van der Waals surface area contributed by atoms with E-state index in [9.17, 15) is 14.9 Å². The molecule has 26 heavy (non-hydrogen) atoms. The Morgan fingerprint density at radius 2 is 2.19 bits per heavy atom. The van der Waals surface area contributed by atoms with Crippen molar-refractivity contribution in [1.29, 1.82) is 0 Å². The van der Waals surface area contributed by atoms with Gasteiger partial charge in [0.2, 0.25) is 0 Å². The van der Waals surface area contributed by atoms with Crippen LogP contribution < -0.4 is 10.1 Å². The first-order valence-electron chi connectivity index (χ1n) is 7.78. The Kier molecular flexibility index (Phi) is 4.90. The van der Waals surface area contributed by atoms with Gasteiger partial charge in [-0.05, 0) is 48.0 Å². The van der Waals surface area contributed by atoms with Crippen molar-refractivity contribution in [3.05, 3.63) is 62.5 Å². The molecule has 9 heteroatoms. The topological polar surface area (TPSA) is 98.8 Å². The normalized spacial score (nSPS) is 10.7. The number of rotatable bonds is 5. The first-order valence-corrected chi connectivity index (χ1v) is 8.57. The average Bonchev–Trinajstić information content (AvgIpc) is 2.94. The minimum Gasteiger partial charge on any atom is -0.490 e. The fraction of sp³-hybridized carbons (Fsp3) is 0.176. The van der Waals surface area contributed by atoms with Crippen molar-refractivity contribution < 1.29 is 14.5 Å². The number of nitrogens with zero attached hydrogens (tertiary/aromatic N) is 3. The predicted molar refractivity (Wildman–Crippen MR) is 99.8 cm³/mol. The lowest BCUT2D eigenvalue weighted by atomic mass is 10.2. The van der Waals surface area contributed by atoms with Gasteiger partial charge in [-0.2, -0.15) is 0 Å². The number of halogens is 1. The summed E-state index contributed by atoms with van der Waals surface area (Å²) in [6, 6.07) is 7.71. The summed E-state index contributed by atoms with van der Waals surface area (Å²) in [5, 5.41) is 13.7. The number of carbonyl (C=O) groups is 1. The maximum atomic E-state index is 12.8. The van der Waals surface area contributed by atoms with E-state index in [4.69, 9.17) is 4.74 Å². The Hall–Kier alpha value is -2.94. The van der Waals surface area contributed by atoms with Gasteiger partial charge < -0.3 is 10.1 Å². The highest BCUT2D eigenvalue weighted by Gasteiger charge is 2.20. The van der Waals surface area contributed by atoms with Crippen LogP contribution in [0.3, 0.4) is 0 Å². The second kappa shape index (κ2) is 7.12. The summed E-state index contributed by atoms with van der Waals surface area (Å²) in [5.74, 6) is 0.151. The number of nitro benzene ring substituents is 1. The quantitative estimate of drug-likeness (QED) is 0.499. The van der Waals surface area contributed by atoms with Crippen LogP contribution in [0.4, 0.5) is 11.4 Å². The first-order chi connectivity index (χ1) is 12.4. The lowest BCUT2D eigenvalue weighted by Crippen LogP contribution is -2.16. The first kappa shape index (κ1) is 17.9. The fourth-order valence-electron chi connectivity index (χ4n) is 2.60. The number of nitro groups is 1. The fourth-order valence-corrected chi connectivity index (χ4v) is 2.95. The highest BCUT2D eigenvalue weighted by Crippen LogP contribution is 2.28. The van der Waals surface area contributed by atoms with E-state index in [1.54, 1.807) is 29.7 Å². The van der Waals surface area contributed by atoms with Crippen molar-refractivity contribution >= 4 is 38.9 Å². The molecule has 1 amide bonds. The number of pyridine rings is 1. The molecule has 0 radical (unpaired) electrons. The molecule has 134 valence electrons. The molecule has 2 heterocycles. The maximum Gasteiger partial charge on any atom is 0.274 e. The zero-order chi connectivity index (χ0) is 18.8.